The second-order valence-corrected chi connectivity index (χ2v) is 10.4. The molecule has 21 heavy (non-hydrogen) atoms. The Hall–Kier alpha value is -0.630. The first kappa shape index (κ1) is 14.0. The van der Waals surface area contributed by atoms with Crippen LogP contribution in [-0.4, -0.2) is 5.78 Å². The summed E-state index contributed by atoms with van der Waals surface area (Å²) in [5.41, 5.74) is 1.34. The van der Waals surface area contributed by atoms with Crippen molar-refractivity contribution >= 4 is 17.1 Å². The number of carbonyl (C=O) groups is 1. The molecule has 1 nitrogen and oxygen atoms in total. The molecule has 0 radical (unpaired) electrons. The largest absolute Gasteiger partial charge is 0.293 e. The van der Waals surface area contributed by atoms with Crippen LogP contribution in [0.1, 0.15) is 73.3 Å². The van der Waals surface area contributed by atoms with Gasteiger partial charge in [-0.2, -0.15) is 0 Å². The van der Waals surface area contributed by atoms with Crippen LogP contribution in [0, 0.1) is 29.1 Å². The molecule has 0 amide bonds. The number of Topliss-reactive ketones (excluding diaryl/α,β-unsaturated/α-hetero) is 1. The molecule has 2 heteroatoms. The third-order valence-corrected chi connectivity index (χ3v) is 7.33. The number of thiophene rings is 1. The van der Waals surface area contributed by atoms with Crippen LogP contribution >= 0.6 is 11.3 Å². The Bertz CT molecular complexity index is 580. The van der Waals surface area contributed by atoms with Gasteiger partial charge in [-0.3, -0.25) is 4.79 Å². The summed E-state index contributed by atoms with van der Waals surface area (Å²) < 4.78 is 0. The van der Waals surface area contributed by atoms with Crippen molar-refractivity contribution in [1.29, 1.82) is 0 Å². The standard InChI is InChI=1S/C19H26OS/c1-13-4-5-16(21-13)15(20)9-19-8-14-6-17(2,11-19)10-18(3,7-14)12-19/h4-5,14H,6-12H2,1-3H3. The highest BCUT2D eigenvalue weighted by Crippen LogP contribution is 2.70. The zero-order valence-electron chi connectivity index (χ0n) is 13.5. The fraction of sp³-hybridized carbons (Fsp3) is 0.737. The molecule has 4 bridgehead atoms. The van der Waals surface area contributed by atoms with Crippen molar-refractivity contribution in [2.45, 2.75) is 65.7 Å². The number of aryl methyl sites for hydroxylation is 1. The number of ketones is 1. The quantitative estimate of drug-likeness (QED) is 0.662. The molecule has 0 aromatic carbocycles. The Morgan fingerprint density at radius 3 is 2.33 bits per heavy atom. The minimum Gasteiger partial charge on any atom is -0.293 e. The van der Waals surface area contributed by atoms with E-state index in [1.165, 1.54) is 43.4 Å². The molecule has 1 aromatic heterocycles. The van der Waals surface area contributed by atoms with Gasteiger partial charge in [-0.25, -0.2) is 0 Å². The molecular formula is C19H26OS. The van der Waals surface area contributed by atoms with E-state index in [0.717, 1.165) is 17.2 Å². The van der Waals surface area contributed by atoms with E-state index in [-0.39, 0.29) is 0 Å². The lowest BCUT2D eigenvalue weighted by Gasteiger charge is -2.65. The topological polar surface area (TPSA) is 17.1 Å². The molecule has 114 valence electrons. The molecular weight excluding hydrogens is 276 g/mol. The maximum absolute atomic E-state index is 12.8. The van der Waals surface area contributed by atoms with Gasteiger partial charge in [0.2, 0.25) is 0 Å². The smallest absolute Gasteiger partial charge is 0.173 e. The van der Waals surface area contributed by atoms with Crippen LogP contribution in [0.15, 0.2) is 12.1 Å². The van der Waals surface area contributed by atoms with E-state index in [1.807, 2.05) is 6.07 Å². The van der Waals surface area contributed by atoms with Gasteiger partial charge in [0.25, 0.3) is 0 Å². The van der Waals surface area contributed by atoms with Gasteiger partial charge in [-0.1, -0.05) is 13.8 Å². The van der Waals surface area contributed by atoms with Crippen molar-refractivity contribution in [2.24, 2.45) is 22.2 Å². The summed E-state index contributed by atoms with van der Waals surface area (Å²) in [6.45, 7) is 7.07. The summed E-state index contributed by atoms with van der Waals surface area (Å²) >= 11 is 1.67. The van der Waals surface area contributed by atoms with Gasteiger partial charge in [-0.15, -0.1) is 11.3 Å². The summed E-state index contributed by atoms with van der Waals surface area (Å²) in [6.07, 6.45) is 8.92. The zero-order chi connectivity index (χ0) is 14.9. The van der Waals surface area contributed by atoms with E-state index in [2.05, 4.69) is 26.8 Å². The van der Waals surface area contributed by atoms with Gasteiger partial charge in [0.15, 0.2) is 5.78 Å². The van der Waals surface area contributed by atoms with E-state index in [0.29, 0.717) is 22.0 Å². The second kappa shape index (κ2) is 4.22. The maximum atomic E-state index is 12.8. The van der Waals surface area contributed by atoms with E-state index in [1.54, 1.807) is 11.3 Å². The van der Waals surface area contributed by atoms with Gasteiger partial charge in [0.05, 0.1) is 4.88 Å². The predicted molar refractivity (Wildman–Crippen MR) is 87.8 cm³/mol. The first-order valence-electron chi connectivity index (χ1n) is 8.39. The summed E-state index contributed by atoms with van der Waals surface area (Å²) in [4.78, 5) is 15.0. The Balaban J connectivity index is 1.61. The molecule has 0 saturated heterocycles. The molecule has 4 aliphatic rings. The molecule has 0 N–H and O–H groups in total. The number of carbonyl (C=O) groups excluding carboxylic acids is 1. The van der Waals surface area contributed by atoms with Crippen LogP contribution in [0.25, 0.3) is 0 Å². The molecule has 2 unspecified atom stereocenters. The third kappa shape index (κ3) is 2.30. The van der Waals surface area contributed by atoms with E-state index < -0.39 is 0 Å². The van der Waals surface area contributed by atoms with Crippen molar-refractivity contribution < 1.29 is 4.79 Å². The second-order valence-electron chi connectivity index (χ2n) is 9.14. The minimum atomic E-state index is 0.317. The van der Waals surface area contributed by atoms with Crippen molar-refractivity contribution in [3.8, 4) is 0 Å². The monoisotopic (exact) mass is 302 g/mol. The van der Waals surface area contributed by atoms with Crippen molar-refractivity contribution in [2.75, 3.05) is 0 Å². The highest BCUT2D eigenvalue weighted by atomic mass is 32.1. The Labute approximate surface area is 132 Å². The summed E-state index contributed by atoms with van der Waals surface area (Å²) in [5, 5.41) is 0. The molecule has 4 aliphatic carbocycles. The van der Waals surface area contributed by atoms with Gasteiger partial charge < -0.3 is 0 Å². The molecule has 2 atom stereocenters. The maximum Gasteiger partial charge on any atom is 0.173 e. The predicted octanol–water partition coefficient (Wildman–Crippen LogP) is 5.63. The van der Waals surface area contributed by atoms with Crippen molar-refractivity contribution in [1.82, 2.24) is 0 Å². The summed E-state index contributed by atoms with van der Waals surface area (Å²) in [7, 11) is 0. The number of hydrogen-bond acceptors (Lipinski definition) is 2. The highest BCUT2D eigenvalue weighted by molar-refractivity contribution is 7.14. The average Bonchev–Trinajstić information content (AvgIpc) is 2.70. The molecule has 0 aliphatic heterocycles. The van der Waals surface area contributed by atoms with Crippen LogP contribution in [-0.2, 0) is 0 Å². The van der Waals surface area contributed by atoms with Crippen LogP contribution < -0.4 is 0 Å². The van der Waals surface area contributed by atoms with Gasteiger partial charge in [0, 0.05) is 11.3 Å². The first-order chi connectivity index (χ1) is 9.79. The molecule has 1 heterocycles. The first-order valence-corrected chi connectivity index (χ1v) is 9.20. The SMILES string of the molecule is Cc1ccc(C(=O)CC23CC4CC(C)(CC(C)(C4)C2)C3)s1. The van der Waals surface area contributed by atoms with Crippen LogP contribution in [0.4, 0.5) is 0 Å². The fourth-order valence-corrected chi connectivity index (χ4v) is 7.70. The lowest BCUT2D eigenvalue weighted by Crippen LogP contribution is -2.55. The lowest BCUT2D eigenvalue weighted by atomic mass is 9.39. The number of hydrogen-bond donors (Lipinski definition) is 0. The molecule has 4 saturated carbocycles. The van der Waals surface area contributed by atoms with Gasteiger partial charge in [-0.05, 0) is 79.7 Å². The molecule has 5 rings (SSSR count). The zero-order valence-corrected chi connectivity index (χ0v) is 14.3. The molecule has 1 aromatic rings. The third-order valence-electron chi connectivity index (χ3n) is 6.29. The van der Waals surface area contributed by atoms with E-state index in [4.69, 9.17) is 0 Å². The van der Waals surface area contributed by atoms with Crippen LogP contribution in [0.5, 0.6) is 0 Å². The molecule has 0 spiro atoms. The van der Waals surface area contributed by atoms with E-state index >= 15 is 0 Å². The lowest BCUT2D eigenvalue weighted by molar-refractivity contribution is -0.143. The van der Waals surface area contributed by atoms with Gasteiger partial charge in [0.1, 0.15) is 0 Å². The highest BCUT2D eigenvalue weighted by Gasteiger charge is 2.60. The Morgan fingerprint density at radius 1 is 1.14 bits per heavy atom. The Kier molecular flexibility index (Phi) is 2.81. The summed E-state index contributed by atoms with van der Waals surface area (Å²) in [5.74, 6) is 1.29. The van der Waals surface area contributed by atoms with Crippen LogP contribution in [0.3, 0.4) is 0 Å². The number of rotatable bonds is 3. The normalized spacial score (nSPS) is 44.2. The van der Waals surface area contributed by atoms with Crippen molar-refractivity contribution in [3.63, 3.8) is 0 Å². The van der Waals surface area contributed by atoms with E-state index in [9.17, 15) is 4.79 Å². The van der Waals surface area contributed by atoms with Crippen molar-refractivity contribution in [3.05, 3.63) is 21.9 Å². The molecule has 4 fully saturated rings. The minimum absolute atomic E-state index is 0.317. The summed E-state index contributed by atoms with van der Waals surface area (Å²) in [6, 6.07) is 4.12. The Morgan fingerprint density at radius 2 is 1.81 bits per heavy atom. The van der Waals surface area contributed by atoms with Crippen LogP contribution in [0.2, 0.25) is 0 Å². The van der Waals surface area contributed by atoms with Gasteiger partial charge >= 0.3 is 0 Å². The average molecular weight is 302 g/mol. The fourth-order valence-electron chi connectivity index (χ4n) is 6.89.